The minimum atomic E-state index is -0.410. The predicted molar refractivity (Wildman–Crippen MR) is 120 cm³/mol. The van der Waals surface area contributed by atoms with Crippen molar-refractivity contribution in [3.63, 3.8) is 0 Å². The first kappa shape index (κ1) is 19.3. The lowest BCUT2D eigenvalue weighted by atomic mass is 10.0. The number of fused-ring (bicyclic) bond motifs is 2. The Morgan fingerprint density at radius 2 is 1.80 bits per heavy atom. The minimum Gasteiger partial charge on any atom is -0.497 e. The predicted octanol–water partition coefficient (Wildman–Crippen LogP) is 5.37. The van der Waals surface area contributed by atoms with E-state index in [9.17, 15) is 10.1 Å². The fraction of sp³-hybridized carbons (Fsp3) is 0.130. The zero-order valence-electron chi connectivity index (χ0n) is 16.8. The van der Waals surface area contributed by atoms with E-state index in [1.807, 2.05) is 56.3 Å². The van der Waals surface area contributed by atoms with Gasteiger partial charge in [-0.3, -0.25) is 15.5 Å². The highest BCUT2D eigenvalue weighted by atomic mass is 16.6. The summed E-state index contributed by atoms with van der Waals surface area (Å²) >= 11 is 0. The SMILES string of the molecule is COc1ccc(C=NNc2c3cc(C)c(C)cc3nc3c([N+](=O)[O-])cccc23)cc1. The van der Waals surface area contributed by atoms with Crippen LogP contribution in [0.5, 0.6) is 5.75 Å². The molecule has 4 aromatic rings. The van der Waals surface area contributed by atoms with Crippen LogP contribution in [-0.2, 0) is 0 Å². The summed E-state index contributed by atoms with van der Waals surface area (Å²) in [6.45, 7) is 4.02. The second-order valence-corrected chi connectivity index (χ2v) is 7.01. The molecule has 0 saturated heterocycles. The lowest BCUT2D eigenvalue weighted by molar-refractivity contribution is -0.383. The summed E-state index contributed by atoms with van der Waals surface area (Å²) in [7, 11) is 1.62. The van der Waals surface area contributed by atoms with Gasteiger partial charge in [-0.2, -0.15) is 5.10 Å². The van der Waals surface area contributed by atoms with Crippen molar-refractivity contribution in [1.29, 1.82) is 0 Å². The van der Waals surface area contributed by atoms with Crippen molar-refractivity contribution in [1.82, 2.24) is 4.98 Å². The molecule has 0 saturated carbocycles. The number of aromatic nitrogens is 1. The molecule has 0 radical (unpaired) electrons. The molecule has 1 N–H and O–H groups in total. The summed E-state index contributed by atoms with van der Waals surface area (Å²) in [5.41, 5.74) is 7.84. The van der Waals surface area contributed by atoms with Crippen molar-refractivity contribution in [3.8, 4) is 5.75 Å². The number of non-ortho nitro benzene ring substituents is 1. The fourth-order valence-corrected chi connectivity index (χ4v) is 3.34. The summed E-state index contributed by atoms with van der Waals surface area (Å²) < 4.78 is 5.17. The van der Waals surface area contributed by atoms with E-state index in [0.717, 1.165) is 27.8 Å². The van der Waals surface area contributed by atoms with E-state index in [1.165, 1.54) is 6.07 Å². The van der Waals surface area contributed by atoms with E-state index < -0.39 is 4.92 Å². The Labute approximate surface area is 173 Å². The number of ether oxygens (including phenoxy) is 1. The highest BCUT2D eigenvalue weighted by Gasteiger charge is 2.18. The van der Waals surface area contributed by atoms with Crippen molar-refractivity contribution < 1.29 is 9.66 Å². The van der Waals surface area contributed by atoms with Gasteiger partial charge in [-0.05, 0) is 66.9 Å². The van der Waals surface area contributed by atoms with Gasteiger partial charge < -0.3 is 4.74 Å². The molecule has 0 aliphatic rings. The molecule has 0 unspecified atom stereocenters. The first-order valence-electron chi connectivity index (χ1n) is 9.39. The number of nitro benzene ring substituents is 1. The number of anilines is 1. The van der Waals surface area contributed by atoms with Gasteiger partial charge in [-0.15, -0.1) is 0 Å². The number of nitro groups is 1. The van der Waals surface area contributed by atoms with Crippen LogP contribution < -0.4 is 10.2 Å². The first-order valence-corrected chi connectivity index (χ1v) is 9.39. The van der Waals surface area contributed by atoms with E-state index in [1.54, 1.807) is 19.4 Å². The lowest BCUT2D eigenvalue weighted by Crippen LogP contribution is -1.99. The molecule has 0 aliphatic heterocycles. The van der Waals surface area contributed by atoms with Gasteiger partial charge in [-0.1, -0.05) is 12.1 Å². The zero-order chi connectivity index (χ0) is 21.3. The molecular formula is C23H20N4O3. The van der Waals surface area contributed by atoms with E-state index in [-0.39, 0.29) is 5.69 Å². The fourth-order valence-electron chi connectivity index (χ4n) is 3.34. The molecule has 0 atom stereocenters. The largest absolute Gasteiger partial charge is 0.497 e. The topological polar surface area (TPSA) is 89.7 Å². The van der Waals surface area contributed by atoms with Gasteiger partial charge >= 0.3 is 0 Å². The molecule has 3 aromatic carbocycles. The number of hydrazone groups is 1. The third kappa shape index (κ3) is 3.53. The number of methoxy groups -OCH3 is 1. The van der Waals surface area contributed by atoms with Crippen LogP contribution in [0.2, 0.25) is 0 Å². The molecule has 4 rings (SSSR count). The standard InChI is InChI=1S/C23H20N4O3/c1-14-11-19-20(12-15(14)2)25-23-18(5-4-6-21(23)27(28)29)22(19)26-24-13-16-7-9-17(30-3)10-8-16/h4-13H,1-3H3,(H,25,26). The van der Waals surface area contributed by atoms with Crippen LogP contribution in [0.3, 0.4) is 0 Å². The van der Waals surface area contributed by atoms with E-state index >= 15 is 0 Å². The van der Waals surface area contributed by atoms with Crippen LogP contribution in [0.25, 0.3) is 21.8 Å². The van der Waals surface area contributed by atoms with E-state index in [4.69, 9.17) is 4.74 Å². The lowest BCUT2D eigenvalue weighted by Gasteiger charge is -2.12. The van der Waals surface area contributed by atoms with Crippen molar-refractivity contribution >= 4 is 39.4 Å². The van der Waals surface area contributed by atoms with Gasteiger partial charge in [-0.25, -0.2) is 4.98 Å². The van der Waals surface area contributed by atoms with E-state index in [2.05, 4.69) is 15.5 Å². The Kier molecular flexibility index (Phi) is 5.02. The summed E-state index contributed by atoms with van der Waals surface area (Å²) in [6.07, 6.45) is 1.69. The summed E-state index contributed by atoms with van der Waals surface area (Å²) in [5.74, 6) is 0.768. The van der Waals surface area contributed by atoms with Gasteiger partial charge in [0, 0.05) is 16.8 Å². The maximum absolute atomic E-state index is 11.5. The van der Waals surface area contributed by atoms with Gasteiger partial charge in [0.25, 0.3) is 5.69 Å². The molecule has 1 heterocycles. The molecule has 0 aliphatic carbocycles. The van der Waals surface area contributed by atoms with Gasteiger partial charge in [0.15, 0.2) is 5.52 Å². The number of nitrogens with zero attached hydrogens (tertiary/aromatic N) is 3. The molecule has 30 heavy (non-hydrogen) atoms. The Morgan fingerprint density at radius 3 is 2.50 bits per heavy atom. The quantitative estimate of drug-likeness (QED) is 0.211. The number of benzene rings is 3. The Morgan fingerprint density at radius 1 is 1.07 bits per heavy atom. The number of aryl methyl sites for hydroxylation is 2. The number of nitrogens with one attached hydrogen (secondary N) is 1. The van der Waals surface area contributed by atoms with Crippen LogP contribution in [0, 0.1) is 24.0 Å². The third-order valence-electron chi connectivity index (χ3n) is 5.10. The number of para-hydroxylation sites is 1. The number of rotatable bonds is 5. The monoisotopic (exact) mass is 400 g/mol. The van der Waals surface area contributed by atoms with Crippen molar-refractivity contribution in [3.05, 3.63) is 81.4 Å². The van der Waals surface area contributed by atoms with E-state index in [0.29, 0.717) is 22.1 Å². The first-order chi connectivity index (χ1) is 14.5. The molecule has 0 bridgehead atoms. The van der Waals surface area contributed by atoms with Crippen LogP contribution in [0.1, 0.15) is 16.7 Å². The van der Waals surface area contributed by atoms with Crippen LogP contribution in [0.4, 0.5) is 11.4 Å². The molecule has 7 nitrogen and oxygen atoms in total. The molecular weight excluding hydrogens is 380 g/mol. The summed E-state index contributed by atoms with van der Waals surface area (Å²) in [4.78, 5) is 15.7. The van der Waals surface area contributed by atoms with Gasteiger partial charge in [0.05, 0.1) is 29.5 Å². The van der Waals surface area contributed by atoms with Crippen LogP contribution in [0.15, 0.2) is 59.7 Å². The number of pyridine rings is 1. The normalized spacial score (nSPS) is 11.3. The highest BCUT2D eigenvalue weighted by Crippen LogP contribution is 2.36. The Hall–Kier alpha value is -4.00. The molecule has 0 amide bonds. The van der Waals surface area contributed by atoms with Gasteiger partial charge in [0.2, 0.25) is 0 Å². The maximum atomic E-state index is 11.5. The second kappa shape index (κ2) is 7.79. The maximum Gasteiger partial charge on any atom is 0.295 e. The van der Waals surface area contributed by atoms with Crippen LogP contribution in [-0.4, -0.2) is 23.2 Å². The minimum absolute atomic E-state index is 0.0326. The number of hydrogen-bond donors (Lipinski definition) is 1. The molecule has 7 heteroatoms. The second-order valence-electron chi connectivity index (χ2n) is 7.01. The number of hydrogen-bond acceptors (Lipinski definition) is 6. The summed E-state index contributed by atoms with van der Waals surface area (Å²) in [6, 6.07) is 16.4. The molecule has 150 valence electrons. The third-order valence-corrected chi connectivity index (χ3v) is 5.10. The van der Waals surface area contributed by atoms with Gasteiger partial charge in [0.1, 0.15) is 5.75 Å². The van der Waals surface area contributed by atoms with Crippen molar-refractivity contribution in [2.45, 2.75) is 13.8 Å². The smallest absolute Gasteiger partial charge is 0.295 e. The highest BCUT2D eigenvalue weighted by molar-refractivity contribution is 6.10. The average Bonchev–Trinajstić information content (AvgIpc) is 2.74. The molecule has 0 fully saturated rings. The van der Waals surface area contributed by atoms with Crippen LogP contribution >= 0.6 is 0 Å². The average molecular weight is 400 g/mol. The summed E-state index contributed by atoms with van der Waals surface area (Å²) in [5, 5.41) is 17.4. The molecule has 1 aromatic heterocycles. The zero-order valence-corrected chi connectivity index (χ0v) is 16.8. The Balaban J connectivity index is 1.86. The Bertz CT molecular complexity index is 1300. The van der Waals surface area contributed by atoms with Crippen molar-refractivity contribution in [2.75, 3.05) is 12.5 Å². The van der Waals surface area contributed by atoms with Crippen molar-refractivity contribution in [2.24, 2.45) is 5.10 Å². The molecule has 0 spiro atoms.